The van der Waals surface area contributed by atoms with Gasteiger partial charge in [-0.3, -0.25) is 4.79 Å². The van der Waals surface area contributed by atoms with Crippen LogP contribution >= 0.6 is 11.6 Å². The van der Waals surface area contributed by atoms with Crippen LogP contribution in [0.25, 0.3) is 0 Å². The van der Waals surface area contributed by atoms with Crippen LogP contribution in [0.2, 0.25) is 0 Å². The smallest absolute Gasteiger partial charge is 0.251 e. The van der Waals surface area contributed by atoms with Crippen LogP contribution in [-0.2, 0) is 5.88 Å². The summed E-state index contributed by atoms with van der Waals surface area (Å²) in [4.78, 5) is 12.1. The minimum atomic E-state index is 0.0636. The first-order chi connectivity index (χ1) is 8.76. The van der Waals surface area contributed by atoms with Gasteiger partial charge in [0.25, 0.3) is 5.91 Å². The second-order valence-electron chi connectivity index (χ2n) is 5.59. The summed E-state index contributed by atoms with van der Waals surface area (Å²) in [6.45, 7) is 0. The molecule has 2 nitrogen and oxygen atoms in total. The summed E-state index contributed by atoms with van der Waals surface area (Å²) < 4.78 is 0. The van der Waals surface area contributed by atoms with Crippen molar-refractivity contribution in [1.82, 2.24) is 5.32 Å². The number of carbonyl (C=O) groups is 1. The summed E-state index contributed by atoms with van der Waals surface area (Å²) in [6, 6.07) is 7.97. The van der Waals surface area contributed by atoms with E-state index in [9.17, 15) is 4.79 Å². The lowest BCUT2D eigenvalue weighted by molar-refractivity contribution is 0.0923. The molecule has 3 heteroatoms. The zero-order chi connectivity index (χ0) is 12.5. The van der Waals surface area contributed by atoms with Crippen molar-refractivity contribution in [3.05, 3.63) is 35.4 Å². The first kappa shape index (κ1) is 12.0. The molecule has 0 radical (unpaired) electrons. The average molecular weight is 264 g/mol. The van der Waals surface area contributed by atoms with Crippen LogP contribution in [0.1, 0.15) is 41.6 Å². The van der Waals surface area contributed by atoms with E-state index in [-0.39, 0.29) is 5.91 Å². The maximum atomic E-state index is 12.1. The highest BCUT2D eigenvalue weighted by Gasteiger charge is 2.40. The number of alkyl halides is 1. The molecule has 0 aliphatic heterocycles. The predicted octanol–water partition coefficient (Wildman–Crippen LogP) is 3.34. The molecule has 2 fully saturated rings. The van der Waals surface area contributed by atoms with Gasteiger partial charge in [-0.1, -0.05) is 18.6 Å². The summed E-state index contributed by atoms with van der Waals surface area (Å²) in [5.74, 6) is 2.14. The van der Waals surface area contributed by atoms with Gasteiger partial charge in [0.1, 0.15) is 0 Å². The molecular formula is C15H18ClNO. The molecule has 18 heavy (non-hydrogen) atoms. The molecule has 3 unspecified atom stereocenters. The Balaban J connectivity index is 1.64. The Morgan fingerprint density at radius 3 is 2.56 bits per heavy atom. The number of hydrogen-bond donors (Lipinski definition) is 1. The maximum absolute atomic E-state index is 12.1. The number of amides is 1. The van der Waals surface area contributed by atoms with Crippen molar-refractivity contribution < 1.29 is 4.79 Å². The standard InChI is InChI=1S/C15H18ClNO/c16-9-10-1-4-12(5-2-10)15(18)17-14-8-11-3-6-13(14)7-11/h1-2,4-5,11,13-14H,3,6-9H2,(H,17,18). The predicted molar refractivity (Wildman–Crippen MR) is 72.7 cm³/mol. The second kappa shape index (κ2) is 4.93. The lowest BCUT2D eigenvalue weighted by Gasteiger charge is -2.22. The number of fused-ring (bicyclic) bond motifs is 2. The molecule has 0 heterocycles. The van der Waals surface area contributed by atoms with E-state index in [0.717, 1.165) is 23.0 Å². The zero-order valence-electron chi connectivity index (χ0n) is 10.4. The Morgan fingerprint density at radius 2 is 2.00 bits per heavy atom. The van der Waals surface area contributed by atoms with E-state index in [2.05, 4.69) is 5.32 Å². The van der Waals surface area contributed by atoms with E-state index in [1.807, 2.05) is 24.3 Å². The van der Waals surface area contributed by atoms with Crippen LogP contribution in [0.4, 0.5) is 0 Å². The quantitative estimate of drug-likeness (QED) is 0.833. The van der Waals surface area contributed by atoms with Crippen molar-refractivity contribution in [3.8, 4) is 0 Å². The van der Waals surface area contributed by atoms with Crippen LogP contribution in [0.5, 0.6) is 0 Å². The third kappa shape index (κ3) is 2.26. The fraction of sp³-hybridized carbons (Fsp3) is 0.533. The molecule has 0 saturated heterocycles. The minimum Gasteiger partial charge on any atom is -0.349 e. The molecule has 0 spiro atoms. The monoisotopic (exact) mass is 263 g/mol. The fourth-order valence-electron chi connectivity index (χ4n) is 3.42. The molecule has 2 saturated carbocycles. The van der Waals surface area contributed by atoms with Gasteiger partial charge < -0.3 is 5.32 Å². The Kier molecular flexibility index (Phi) is 3.29. The zero-order valence-corrected chi connectivity index (χ0v) is 11.1. The average Bonchev–Trinajstić information content (AvgIpc) is 3.01. The summed E-state index contributed by atoms with van der Waals surface area (Å²) in [6.07, 6.45) is 5.15. The van der Waals surface area contributed by atoms with Gasteiger partial charge in [0.05, 0.1) is 0 Å². The normalized spacial score (nSPS) is 29.5. The summed E-state index contributed by atoms with van der Waals surface area (Å²) in [7, 11) is 0. The van der Waals surface area contributed by atoms with E-state index in [1.54, 1.807) is 0 Å². The molecule has 2 bridgehead atoms. The summed E-state index contributed by atoms with van der Waals surface area (Å²) in [5.41, 5.74) is 1.79. The van der Waals surface area contributed by atoms with Gasteiger partial charge in [-0.25, -0.2) is 0 Å². The van der Waals surface area contributed by atoms with Crippen LogP contribution in [-0.4, -0.2) is 11.9 Å². The van der Waals surface area contributed by atoms with Gasteiger partial charge in [-0.05, 0) is 48.8 Å². The lowest BCUT2D eigenvalue weighted by atomic mass is 9.95. The van der Waals surface area contributed by atoms with Crippen molar-refractivity contribution in [2.24, 2.45) is 11.8 Å². The Hall–Kier alpha value is -1.02. The van der Waals surface area contributed by atoms with Gasteiger partial charge in [-0.2, -0.15) is 0 Å². The van der Waals surface area contributed by atoms with Crippen molar-refractivity contribution >= 4 is 17.5 Å². The molecule has 3 rings (SSSR count). The maximum Gasteiger partial charge on any atom is 0.251 e. The molecule has 2 aliphatic rings. The molecule has 1 aromatic carbocycles. The SMILES string of the molecule is O=C(NC1CC2CCC1C2)c1ccc(CCl)cc1. The molecule has 0 aromatic heterocycles. The van der Waals surface area contributed by atoms with Crippen LogP contribution < -0.4 is 5.32 Å². The molecule has 1 amide bonds. The van der Waals surface area contributed by atoms with Crippen LogP contribution in [0.15, 0.2) is 24.3 Å². The number of carbonyl (C=O) groups excluding carboxylic acids is 1. The second-order valence-corrected chi connectivity index (χ2v) is 5.85. The van der Waals surface area contributed by atoms with Gasteiger partial charge in [0.2, 0.25) is 0 Å². The topological polar surface area (TPSA) is 29.1 Å². The van der Waals surface area contributed by atoms with E-state index < -0.39 is 0 Å². The lowest BCUT2D eigenvalue weighted by Crippen LogP contribution is -2.38. The Morgan fingerprint density at radius 1 is 1.22 bits per heavy atom. The van der Waals surface area contributed by atoms with E-state index in [1.165, 1.54) is 25.7 Å². The molecule has 3 atom stereocenters. The van der Waals surface area contributed by atoms with Crippen LogP contribution in [0, 0.1) is 11.8 Å². The Bertz CT molecular complexity index is 442. The number of nitrogens with one attached hydrogen (secondary N) is 1. The largest absolute Gasteiger partial charge is 0.349 e. The highest BCUT2D eigenvalue weighted by atomic mass is 35.5. The van der Waals surface area contributed by atoms with Crippen molar-refractivity contribution in [2.75, 3.05) is 0 Å². The number of rotatable bonds is 3. The number of halogens is 1. The van der Waals surface area contributed by atoms with Gasteiger partial charge >= 0.3 is 0 Å². The molecule has 2 aliphatic carbocycles. The van der Waals surface area contributed by atoms with Crippen molar-refractivity contribution in [2.45, 2.75) is 37.6 Å². The number of benzene rings is 1. The first-order valence-corrected chi connectivity index (χ1v) is 7.25. The molecular weight excluding hydrogens is 246 g/mol. The Labute approximate surface area is 113 Å². The third-order valence-corrected chi connectivity index (χ3v) is 4.73. The van der Waals surface area contributed by atoms with E-state index in [4.69, 9.17) is 11.6 Å². The third-order valence-electron chi connectivity index (χ3n) is 4.43. The minimum absolute atomic E-state index is 0.0636. The highest BCUT2D eigenvalue weighted by Crippen LogP contribution is 2.44. The molecule has 1 N–H and O–H groups in total. The van der Waals surface area contributed by atoms with E-state index >= 15 is 0 Å². The van der Waals surface area contributed by atoms with Gasteiger partial charge in [-0.15, -0.1) is 11.6 Å². The van der Waals surface area contributed by atoms with Gasteiger partial charge in [0, 0.05) is 17.5 Å². The van der Waals surface area contributed by atoms with Gasteiger partial charge in [0.15, 0.2) is 0 Å². The highest BCUT2D eigenvalue weighted by molar-refractivity contribution is 6.17. The summed E-state index contributed by atoms with van der Waals surface area (Å²) >= 11 is 5.74. The molecule has 1 aromatic rings. The van der Waals surface area contributed by atoms with Crippen molar-refractivity contribution in [3.63, 3.8) is 0 Å². The first-order valence-electron chi connectivity index (χ1n) is 6.72. The van der Waals surface area contributed by atoms with E-state index in [0.29, 0.717) is 11.9 Å². The molecule has 96 valence electrons. The fourth-order valence-corrected chi connectivity index (χ4v) is 3.60. The van der Waals surface area contributed by atoms with Crippen LogP contribution in [0.3, 0.4) is 0 Å². The number of hydrogen-bond acceptors (Lipinski definition) is 1. The summed E-state index contributed by atoms with van der Waals surface area (Å²) in [5, 5.41) is 3.19. The van der Waals surface area contributed by atoms with Crippen molar-refractivity contribution in [1.29, 1.82) is 0 Å².